The van der Waals surface area contributed by atoms with Gasteiger partial charge in [0.2, 0.25) is 0 Å². The molecule has 0 unspecified atom stereocenters. The van der Waals surface area contributed by atoms with Crippen LogP contribution in [0.4, 0.5) is 5.82 Å². The van der Waals surface area contributed by atoms with E-state index in [0.717, 1.165) is 62.7 Å². The van der Waals surface area contributed by atoms with Gasteiger partial charge in [0.15, 0.2) is 0 Å². The fourth-order valence-electron chi connectivity index (χ4n) is 4.33. The molecule has 3 rings (SSSR count). The van der Waals surface area contributed by atoms with E-state index >= 15 is 0 Å². The molecule has 0 aliphatic carbocycles. The van der Waals surface area contributed by atoms with Crippen molar-refractivity contribution in [1.29, 1.82) is 0 Å². The number of rotatable bonds is 4. The number of hydrogen-bond acceptors (Lipinski definition) is 5. The molecule has 2 fully saturated rings. The molecule has 0 amide bonds. The van der Waals surface area contributed by atoms with Gasteiger partial charge in [-0.2, -0.15) is 0 Å². The Labute approximate surface area is 139 Å². The molecule has 2 saturated heterocycles. The zero-order chi connectivity index (χ0) is 16.4. The van der Waals surface area contributed by atoms with Crippen molar-refractivity contribution in [1.82, 2.24) is 14.9 Å². The highest BCUT2D eigenvalue weighted by molar-refractivity contribution is 5.41. The van der Waals surface area contributed by atoms with Crippen molar-refractivity contribution < 1.29 is 5.11 Å². The van der Waals surface area contributed by atoms with Crippen LogP contribution in [0.2, 0.25) is 0 Å². The molecule has 0 bridgehead atoms. The van der Waals surface area contributed by atoms with Gasteiger partial charge in [0, 0.05) is 42.7 Å². The van der Waals surface area contributed by atoms with Crippen molar-refractivity contribution in [2.75, 3.05) is 38.2 Å². The summed E-state index contributed by atoms with van der Waals surface area (Å²) in [4.78, 5) is 14.2. The third kappa shape index (κ3) is 3.22. The standard InChI is InChI=1S/C18H30N4O/c1-4-6-16-19-14(2)11-17(20-16)22-10-8-18(13-23)7-5-9-21(3)15(18)12-22/h11,15,23H,4-10,12-13H2,1-3H3/t15-,18-/m1/s1. The first-order valence-corrected chi connectivity index (χ1v) is 8.98. The first kappa shape index (κ1) is 16.7. The molecular weight excluding hydrogens is 288 g/mol. The van der Waals surface area contributed by atoms with Gasteiger partial charge < -0.3 is 14.9 Å². The van der Waals surface area contributed by atoms with Crippen LogP contribution in [-0.4, -0.2) is 59.3 Å². The van der Waals surface area contributed by atoms with E-state index in [1.807, 2.05) is 0 Å². The van der Waals surface area contributed by atoms with Crippen molar-refractivity contribution in [3.05, 3.63) is 17.6 Å². The smallest absolute Gasteiger partial charge is 0.132 e. The lowest BCUT2D eigenvalue weighted by Gasteiger charge is -2.53. The largest absolute Gasteiger partial charge is 0.396 e. The highest BCUT2D eigenvalue weighted by Gasteiger charge is 2.46. The Morgan fingerprint density at radius 1 is 1.30 bits per heavy atom. The molecule has 0 saturated carbocycles. The average molecular weight is 318 g/mol. The molecule has 5 heteroatoms. The van der Waals surface area contributed by atoms with E-state index in [4.69, 9.17) is 4.98 Å². The Morgan fingerprint density at radius 2 is 2.13 bits per heavy atom. The maximum Gasteiger partial charge on any atom is 0.132 e. The Balaban J connectivity index is 1.83. The lowest BCUT2D eigenvalue weighted by molar-refractivity contribution is -0.0277. The fraction of sp³-hybridized carbons (Fsp3) is 0.778. The van der Waals surface area contributed by atoms with Crippen LogP contribution >= 0.6 is 0 Å². The molecule has 1 aromatic rings. The number of aromatic nitrogens is 2. The number of hydrogen-bond donors (Lipinski definition) is 1. The van der Waals surface area contributed by atoms with Crippen LogP contribution in [0.15, 0.2) is 6.07 Å². The normalized spacial score (nSPS) is 28.7. The van der Waals surface area contributed by atoms with Crippen LogP contribution in [-0.2, 0) is 6.42 Å². The van der Waals surface area contributed by atoms with Crippen LogP contribution in [0.5, 0.6) is 0 Å². The number of fused-ring (bicyclic) bond motifs is 1. The van der Waals surface area contributed by atoms with Crippen molar-refractivity contribution in [2.45, 2.75) is 52.0 Å². The van der Waals surface area contributed by atoms with Gasteiger partial charge in [0.05, 0.1) is 6.61 Å². The molecule has 2 aliphatic rings. The molecule has 23 heavy (non-hydrogen) atoms. The Kier molecular flexibility index (Phi) is 4.87. The Bertz CT molecular complexity index is 550. The van der Waals surface area contributed by atoms with Gasteiger partial charge in [-0.15, -0.1) is 0 Å². The minimum absolute atomic E-state index is 0.0812. The molecule has 2 atom stereocenters. The van der Waals surface area contributed by atoms with Gasteiger partial charge in [0.1, 0.15) is 11.6 Å². The maximum absolute atomic E-state index is 10.0. The summed E-state index contributed by atoms with van der Waals surface area (Å²) in [6.07, 6.45) is 5.40. The molecule has 2 aliphatic heterocycles. The predicted octanol–water partition coefficient (Wildman–Crippen LogP) is 2.02. The van der Waals surface area contributed by atoms with Crippen LogP contribution in [0.3, 0.4) is 0 Å². The van der Waals surface area contributed by atoms with Gasteiger partial charge >= 0.3 is 0 Å². The number of aliphatic hydroxyl groups excluding tert-OH is 1. The molecule has 0 radical (unpaired) electrons. The van der Waals surface area contributed by atoms with Crippen LogP contribution in [0, 0.1) is 12.3 Å². The van der Waals surface area contributed by atoms with E-state index in [2.05, 4.69) is 41.7 Å². The Hall–Kier alpha value is -1.20. The third-order valence-electron chi connectivity index (χ3n) is 5.70. The summed E-state index contributed by atoms with van der Waals surface area (Å²) < 4.78 is 0. The van der Waals surface area contributed by atoms with E-state index < -0.39 is 0 Å². The highest BCUT2D eigenvalue weighted by atomic mass is 16.3. The molecule has 128 valence electrons. The molecular formula is C18H30N4O. The lowest BCUT2D eigenvalue weighted by Crippen LogP contribution is -2.61. The van der Waals surface area contributed by atoms with Crippen molar-refractivity contribution in [3.63, 3.8) is 0 Å². The fourth-order valence-corrected chi connectivity index (χ4v) is 4.33. The molecule has 3 heterocycles. The van der Waals surface area contributed by atoms with Gasteiger partial charge in [-0.3, -0.25) is 0 Å². The maximum atomic E-state index is 10.0. The van der Waals surface area contributed by atoms with Gasteiger partial charge in [-0.1, -0.05) is 6.92 Å². The number of likely N-dealkylation sites (tertiary alicyclic amines) is 1. The first-order valence-electron chi connectivity index (χ1n) is 8.98. The second-order valence-electron chi connectivity index (χ2n) is 7.35. The van der Waals surface area contributed by atoms with Gasteiger partial charge in [0.25, 0.3) is 0 Å². The molecule has 0 spiro atoms. The quantitative estimate of drug-likeness (QED) is 0.920. The molecule has 5 nitrogen and oxygen atoms in total. The summed E-state index contributed by atoms with van der Waals surface area (Å²) in [7, 11) is 2.20. The number of aliphatic hydroxyl groups is 1. The summed E-state index contributed by atoms with van der Waals surface area (Å²) in [6.45, 7) is 7.59. The summed E-state index contributed by atoms with van der Waals surface area (Å²) in [5.41, 5.74) is 1.13. The van der Waals surface area contributed by atoms with E-state index in [1.165, 1.54) is 6.42 Å². The average Bonchev–Trinajstić information content (AvgIpc) is 2.54. The number of nitrogens with zero attached hydrogens (tertiary/aromatic N) is 4. The third-order valence-corrected chi connectivity index (χ3v) is 5.70. The Morgan fingerprint density at radius 3 is 2.87 bits per heavy atom. The van der Waals surface area contributed by atoms with E-state index in [-0.39, 0.29) is 5.41 Å². The SMILES string of the molecule is CCCc1nc(C)cc(N2CC[C@@]3(CO)CCCN(C)[C@@H]3C2)n1. The zero-order valence-corrected chi connectivity index (χ0v) is 14.8. The molecule has 1 N–H and O–H groups in total. The minimum Gasteiger partial charge on any atom is -0.396 e. The first-order chi connectivity index (χ1) is 11.1. The number of piperidine rings is 2. The van der Waals surface area contributed by atoms with E-state index in [0.29, 0.717) is 12.6 Å². The van der Waals surface area contributed by atoms with E-state index in [1.54, 1.807) is 0 Å². The lowest BCUT2D eigenvalue weighted by atomic mass is 9.69. The number of anilines is 1. The van der Waals surface area contributed by atoms with Crippen molar-refractivity contribution in [2.24, 2.45) is 5.41 Å². The predicted molar refractivity (Wildman–Crippen MR) is 92.8 cm³/mol. The summed E-state index contributed by atoms with van der Waals surface area (Å²) in [6, 6.07) is 2.52. The minimum atomic E-state index is 0.0812. The van der Waals surface area contributed by atoms with Crippen LogP contribution in [0.25, 0.3) is 0 Å². The van der Waals surface area contributed by atoms with Crippen LogP contribution in [0.1, 0.15) is 44.1 Å². The highest BCUT2D eigenvalue weighted by Crippen LogP contribution is 2.42. The molecule has 1 aromatic heterocycles. The van der Waals surface area contributed by atoms with Crippen molar-refractivity contribution in [3.8, 4) is 0 Å². The summed E-state index contributed by atoms with van der Waals surface area (Å²) in [5, 5.41) is 10.0. The second-order valence-corrected chi connectivity index (χ2v) is 7.35. The summed E-state index contributed by atoms with van der Waals surface area (Å²) >= 11 is 0. The second kappa shape index (κ2) is 6.73. The molecule has 0 aromatic carbocycles. The summed E-state index contributed by atoms with van der Waals surface area (Å²) in [5.74, 6) is 2.02. The zero-order valence-electron chi connectivity index (χ0n) is 14.8. The van der Waals surface area contributed by atoms with Gasteiger partial charge in [-0.25, -0.2) is 9.97 Å². The van der Waals surface area contributed by atoms with Gasteiger partial charge in [-0.05, 0) is 46.2 Å². The topological polar surface area (TPSA) is 52.5 Å². The van der Waals surface area contributed by atoms with Crippen LogP contribution < -0.4 is 4.90 Å². The number of likely N-dealkylation sites (N-methyl/N-ethyl adjacent to an activating group) is 1. The van der Waals surface area contributed by atoms with E-state index in [9.17, 15) is 5.11 Å². The monoisotopic (exact) mass is 318 g/mol. The number of aryl methyl sites for hydroxylation is 2. The van der Waals surface area contributed by atoms with Crippen molar-refractivity contribution >= 4 is 5.82 Å².